The average molecular weight is 565 g/mol. The van der Waals surface area contributed by atoms with E-state index in [9.17, 15) is 14.4 Å². The summed E-state index contributed by atoms with van der Waals surface area (Å²) in [7, 11) is 0. The van der Waals surface area contributed by atoms with E-state index < -0.39 is 41.4 Å². The number of carbonyl (C=O) groups is 3. The Balaban J connectivity index is 2.23. The van der Waals surface area contributed by atoms with Crippen LogP contribution in [0.25, 0.3) is 6.08 Å². The molecule has 0 bridgehead atoms. The number of rotatable bonds is 14. The maximum absolute atomic E-state index is 14.4. The van der Waals surface area contributed by atoms with Crippen molar-refractivity contribution in [1.82, 2.24) is 10.9 Å². The molecule has 2 unspecified atom stereocenters. The topological polar surface area (TPSA) is 146 Å². The molecule has 1 saturated heterocycles. The van der Waals surface area contributed by atoms with Gasteiger partial charge in [-0.25, -0.2) is 16.2 Å². The molecule has 1 fully saturated rings. The van der Waals surface area contributed by atoms with Gasteiger partial charge in [0.1, 0.15) is 0 Å². The Morgan fingerprint density at radius 3 is 2.24 bits per heavy atom. The summed E-state index contributed by atoms with van der Waals surface area (Å²) in [5.74, 6) is 1.96. The number of allylic oxidation sites excluding steroid dienone is 1. The third kappa shape index (κ3) is 8.81. The summed E-state index contributed by atoms with van der Waals surface area (Å²) in [6, 6.07) is 17.9. The number of amides is 2. The average Bonchev–Trinajstić information content (AvgIpc) is 2.98. The minimum atomic E-state index is -1.53. The zero-order valence-corrected chi connectivity index (χ0v) is 24.3. The zero-order valence-electron chi connectivity index (χ0n) is 24.3. The number of hydrazine groups is 1. The first kappa shape index (κ1) is 32.1. The van der Waals surface area contributed by atoms with E-state index in [1.165, 1.54) is 0 Å². The van der Waals surface area contributed by atoms with Gasteiger partial charge in [0, 0.05) is 13.0 Å². The van der Waals surface area contributed by atoms with Crippen molar-refractivity contribution in [3.63, 3.8) is 0 Å². The van der Waals surface area contributed by atoms with Crippen LogP contribution in [-0.2, 0) is 30.4 Å². The Hall–Kier alpha value is -3.37. The van der Waals surface area contributed by atoms with Gasteiger partial charge >= 0.3 is 0 Å². The van der Waals surface area contributed by atoms with E-state index in [1.54, 1.807) is 19.1 Å². The molecule has 6 N–H and O–H groups in total. The second-order valence-corrected chi connectivity index (χ2v) is 11.2. The van der Waals surface area contributed by atoms with Gasteiger partial charge in [-0.1, -0.05) is 86.7 Å². The van der Waals surface area contributed by atoms with E-state index in [0.717, 1.165) is 24.0 Å². The summed E-state index contributed by atoms with van der Waals surface area (Å²) in [6.45, 7) is 6.02. The van der Waals surface area contributed by atoms with Crippen LogP contribution in [0.3, 0.4) is 0 Å². The van der Waals surface area contributed by atoms with E-state index >= 15 is 0 Å². The second kappa shape index (κ2) is 15.6. The second-order valence-electron chi connectivity index (χ2n) is 11.2. The lowest BCUT2D eigenvalue weighted by Gasteiger charge is -2.41. The molecule has 41 heavy (non-hydrogen) atoms. The lowest BCUT2D eigenvalue weighted by molar-refractivity contribution is -0.204. The number of nitrogens with two attached hydrogens (primary N) is 2. The van der Waals surface area contributed by atoms with Crippen LogP contribution < -0.4 is 22.5 Å². The third-order valence-corrected chi connectivity index (χ3v) is 7.46. The third-order valence-electron chi connectivity index (χ3n) is 7.46. The molecule has 5 atom stereocenters. The lowest BCUT2D eigenvalue weighted by atomic mass is 9.60. The van der Waals surface area contributed by atoms with Gasteiger partial charge in [0.2, 0.25) is 11.8 Å². The Bertz CT molecular complexity index is 1150. The van der Waals surface area contributed by atoms with E-state index in [0.29, 0.717) is 19.4 Å². The quantitative estimate of drug-likeness (QED) is 0.156. The molecule has 0 spiro atoms. The number of benzene rings is 2. The minimum Gasteiger partial charge on any atom is -0.350 e. The van der Waals surface area contributed by atoms with E-state index in [-0.39, 0.29) is 18.1 Å². The fraction of sp³-hybridized carbons (Fsp3) is 0.469. The van der Waals surface area contributed by atoms with E-state index in [4.69, 9.17) is 21.2 Å². The molecule has 0 aliphatic carbocycles. The number of hydrogen-bond donors (Lipinski definition) is 4. The number of nitrogens with one attached hydrogen (secondary N) is 2. The molecule has 2 aromatic rings. The zero-order chi connectivity index (χ0) is 29.8. The number of hydroxylamine groups is 1. The van der Waals surface area contributed by atoms with Crippen LogP contribution in [0.1, 0.15) is 57.6 Å². The van der Waals surface area contributed by atoms with E-state index in [1.807, 2.05) is 74.5 Å². The monoisotopic (exact) mass is 564 g/mol. The number of ketones is 1. The number of Topliss-reactive ketones (excluding diaryl/α,β-unsaturated/α-hetero) is 1. The maximum atomic E-state index is 14.4. The summed E-state index contributed by atoms with van der Waals surface area (Å²) >= 11 is 0. The molecule has 0 aromatic heterocycles. The Morgan fingerprint density at radius 2 is 1.68 bits per heavy atom. The van der Waals surface area contributed by atoms with Crippen molar-refractivity contribution in [3.8, 4) is 0 Å². The van der Waals surface area contributed by atoms with Crippen molar-refractivity contribution in [2.45, 2.75) is 65.2 Å². The fourth-order valence-corrected chi connectivity index (χ4v) is 5.54. The molecule has 9 nitrogen and oxygen atoms in total. The number of ether oxygens (including phenoxy) is 1. The summed E-state index contributed by atoms with van der Waals surface area (Å²) in [5, 5.41) is 0. The molecule has 0 radical (unpaired) electrons. The Morgan fingerprint density at radius 1 is 1.02 bits per heavy atom. The molecule has 9 heteroatoms. The van der Waals surface area contributed by atoms with Crippen molar-refractivity contribution < 1.29 is 24.0 Å². The molecule has 2 aromatic carbocycles. The molecule has 2 amide bonds. The first-order valence-electron chi connectivity index (χ1n) is 14.3. The molecule has 1 aliphatic heterocycles. The normalized spacial score (nSPS) is 19.2. The highest BCUT2D eigenvalue weighted by molar-refractivity contribution is 5.99. The summed E-state index contributed by atoms with van der Waals surface area (Å²) in [5.41, 5.74) is 11.2. The van der Waals surface area contributed by atoms with Gasteiger partial charge in [0.25, 0.3) is 0 Å². The van der Waals surface area contributed by atoms with Gasteiger partial charge in [-0.15, -0.1) is 0 Å². The molecule has 3 rings (SSSR count). The van der Waals surface area contributed by atoms with Crippen LogP contribution in [0.4, 0.5) is 0 Å². The summed E-state index contributed by atoms with van der Waals surface area (Å²) in [6.07, 6.45) is 5.78. The predicted molar refractivity (Wildman–Crippen MR) is 158 cm³/mol. The first-order valence-corrected chi connectivity index (χ1v) is 14.3. The van der Waals surface area contributed by atoms with Crippen molar-refractivity contribution >= 4 is 23.7 Å². The molecule has 1 aliphatic rings. The lowest BCUT2D eigenvalue weighted by Crippen LogP contribution is -2.57. The van der Waals surface area contributed by atoms with Crippen LogP contribution in [0, 0.1) is 23.2 Å². The Labute approximate surface area is 243 Å². The predicted octanol–water partition coefficient (Wildman–Crippen LogP) is 3.69. The molecular weight excluding hydrogens is 520 g/mol. The van der Waals surface area contributed by atoms with Crippen LogP contribution in [0.15, 0.2) is 66.7 Å². The van der Waals surface area contributed by atoms with E-state index in [2.05, 4.69) is 10.9 Å². The Kier molecular flexibility index (Phi) is 12.2. The fourth-order valence-electron chi connectivity index (χ4n) is 5.54. The van der Waals surface area contributed by atoms with Crippen LogP contribution in [-0.4, -0.2) is 36.5 Å². The van der Waals surface area contributed by atoms with Gasteiger partial charge in [0.05, 0.1) is 23.3 Å². The smallest absolute Gasteiger partial charge is 0.248 e. The SMILES string of the molecule is CC(C)C[C@@H](C(=O)NN)[C@H](C(=O)NOC1CCCCO1)C(/C=C/c1ccccc1)(Cc1ccccc1)C(=O)[C@@H](C)N. The van der Waals surface area contributed by atoms with Gasteiger partial charge in [-0.2, -0.15) is 0 Å². The van der Waals surface area contributed by atoms with Gasteiger partial charge in [0.15, 0.2) is 12.1 Å². The van der Waals surface area contributed by atoms with Crippen molar-refractivity contribution in [1.29, 1.82) is 0 Å². The van der Waals surface area contributed by atoms with Crippen molar-refractivity contribution in [2.24, 2.45) is 34.7 Å². The van der Waals surface area contributed by atoms with Crippen molar-refractivity contribution in [3.05, 3.63) is 77.9 Å². The molecule has 222 valence electrons. The number of carbonyl (C=O) groups excluding carboxylic acids is 3. The highest BCUT2D eigenvalue weighted by Gasteiger charge is 2.53. The minimum absolute atomic E-state index is 0.00752. The summed E-state index contributed by atoms with van der Waals surface area (Å²) < 4.78 is 5.64. The highest BCUT2D eigenvalue weighted by atomic mass is 16.8. The van der Waals surface area contributed by atoms with Gasteiger partial charge in [-0.3, -0.25) is 19.8 Å². The molecular formula is C32H44N4O5. The maximum Gasteiger partial charge on any atom is 0.248 e. The van der Waals surface area contributed by atoms with Crippen LogP contribution in [0.2, 0.25) is 0 Å². The van der Waals surface area contributed by atoms with Crippen molar-refractivity contribution in [2.75, 3.05) is 6.61 Å². The van der Waals surface area contributed by atoms with Crippen LogP contribution in [0.5, 0.6) is 0 Å². The van der Waals surface area contributed by atoms with Crippen LogP contribution >= 0.6 is 0 Å². The summed E-state index contributed by atoms with van der Waals surface area (Å²) in [4.78, 5) is 47.7. The highest BCUT2D eigenvalue weighted by Crippen LogP contribution is 2.43. The largest absolute Gasteiger partial charge is 0.350 e. The number of hydrogen-bond acceptors (Lipinski definition) is 7. The standard InChI is InChI=1S/C32H44N4O5/c1-22(2)20-26(30(38)35-34)28(31(39)36-41-27-16-10-11-19-40-27)32(29(37)23(3)33,21-25-14-8-5-9-15-25)18-17-24-12-6-4-7-13-24/h4-9,12-15,17-18,22-23,26-28H,10-11,16,19-21,33-34H2,1-3H3,(H,35,38)(H,36,39)/b18-17+/t23-,26-,27?,28-,32?/m1/s1. The van der Waals surface area contributed by atoms with Gasteiger partial charge in [-0.05, 0) is 49.7 Å². The van der Waals surface area contributed by atoms with Gasteiger partial charge < -0.3 is 10.5 Å². The molecule has 0 saturated carbocycles. The first-order chi connectivity index (χ1) is 19.7. The molecule has 1 heterocycles.